The summed E-state index contributed by atoms with van der Waals surface area (Å²) in [5, 5.41) is 0. The van der Waals surface area contributed by atoms with Crippen molar-refractivity contribution >= 4 is 5.91 Å². The Balaban J connectivity index is 2.06. The highest BCUT2D eigenvalue weighted by atomic mass is 16.1. The summed E-state index contributed by atoms with van der Waals surface area (Å²) >= 11 is 0. The van der Waals surface area contributed by atoms with Gasteiger partial charge in [-0.15, -0.1) is 0 Å². The Kier molecular flexibility index (Phi) is 4.35. The largest absolute Gasteiger partial charge is 0.370 e. The quantitative estimate of drug-likeness (QED) is 0.871. The second kappa shape index (κ2) is 6.19. The monoisotopic (exact) mass is 253 g/mol. The molecule has 0 unspecified atom stereocenters. The highest BCUT2D eigenvalue weighted by Crippen LogP contribution is 2.23. The number of hydrogen-bond acceptors (Lipinski definition) is 1. The molecule has 2 nitrogen and oxygen atoms in total. The van der Waals surface area contributed by atoms with Gasteiger partial charge in [-0.3, -0.25) is 4.79 Å². The van der Waals surface area contributed by atoms with Crippen molar-refractivity contribution in [2.45, 2.75) is 26.2 Å². The van der Waals surface area contributed by atoms with Crippen molar-refractivity contribution in [2.24, 2.45) is 5.73 Å². The zero-order chi connectivity index (χ0) is 13.7. The first-order chi connectivity index (χ1) is 9.16. The predicted molar refractivity (Wildman–Crippen MR) is 78.7 cm³/mol. The van der Waals surface area contributed by atoms with Gasteiger partial charge in [0.2, 0.25) is 5.91 Å². The van der Waals surface area contributed by atoms with Crippen LogP contribution in [-0.2, 0) is 11.2 Å². The van der Waals surface area contributed by atoms with Gasteiger partial charge in [0.15, 0.2) is 0 Å². The second-order valence-corrected chi connectivity index (χ2v) is 4.83. The molecule has 2 aromatic rings. The van der Waals surface area contributed by atoms with Crippen LogP contribution in [0.3, 0.4) is 0 Å². The van der Waals surface area contributed by atoms with Crippen LogP contribution in [0, 0.1) is 6.92 Å². The van der Waals surface area contributed by atoms with Gasteiger partial charge in [0.05, 0.1) is 0 Å². The van der Waals surface area contributed by atoms with Gasteiger partial charge >= 0.3 is 0 Å². The van der Waals surface area contributed by atoms with E-state index in [-0.39, 0.29) is 5.91 Å². The Morgan fingerprint density at radius 2 is 1.74 bits per heavy atom. The summed E-state index contributed by atoms with van der Waals surface area (Å²) in [6, 6.07) is 16.9. The molecule has 0 aromatic heterocycles. The van der Waals surface area contributed by atoms with Crippen molar-refractivity contribution in [1.29, 1.82) is 0 Å². The summed E-state index contributed by atoms with van der Waals surface area (Å²) in [6.45, 7) is 2.12. The molecular formula is C17H19NO. The molecule has 2 N–H and O–H groups in total. The SMILES string of the molecule is Cc1ccccc1-c1ccc(CCCC(N)=O)cc1. The van der Waals surface area contributed by atoms with Crippen LogP contribution in [0.2, 0.25) is 0 Å². The van der Waals surface area contributed by atoms with E-state index in [4.69, 9.17) is 5.73 Å². The fourth-order valence-electron chi connectivity index (χ4n) is 2.21. The highest BCUT2D eigenvalue weighted by molar-refractivity contribution is 5.73. The van der Waals surface area contributed by atoms with Gasteiger partial charge in [-0.1, -0.05) is 48.5 Å². The number of nitrogens with two attached hydrogens (primary N) is 1. The maximum Gasteiger partial charge on any atom is 0.217 e. The van der Waals surface area contributed by atoms with Crippen molar-refractivity contribution in [3.8, 4) is 11.1 Å². The molecule has 2 heteroatoms. The van der Waals surface area contributed by atoms with Crippen LogP contribution in [0.25, 0.3) is 11.1 Å². The molecule has 0 saturated heterocycles. The first-order valence-corrected chi connectivity index (χ1v) is 6.60. The molecule has 1 amide bonds. The lowest BCUT2D eigenvalue weighted by molar-refractivity contribution is -0.118. The summed E-state index contributed by atoms with van der Waals surface area (Å²) in [5.41, 5.74) is 10.2. The van der Waals surface area contributed by atoms with Crippen LogP contribution in [0.5, 0.6) is 0 Å². The molecule has 0 atom stereocenters. The number of carbonyl (C=O) groups is 1. The molecule has 0 fully saturated rings. The van der Waals surface area contributed by atoms with Crippen LogP contribution in [0.15, 0.2) is 48.5 Å². The van der Waals surface area contributed by atoms with Crippen molar-refractivity contribution in [3.63, 3.8) is 0 Å². The van der Waals surface area contributed by atoms with Gasteiger partial charge in [0.25, 0.3) is 0 Å². The number of aryl methyl sites for hydroxylation is 2. The van der Waals surface area contributed by atoms with E-state index in [0.29, 0.717) is 6.42 Å². The summed E-state index contributed by atoms with van der Waals surface area (Å²) in [4.78, 5) is 10.7. The molecule has 0 bridgehead atoms. The molecule has 98 valence electrons. The third-order valence-corrected chi connectivity index (χ3v) is 3.30. The molecule has 0 aliphatic carbocycles. The van der Waals surface area contributed by atoms with E-state index in [1.54, 1.807) is 0 Å². The number of carbonyl (C=O) groups excluding carboxylic acids is 1. The molecule has 0 saturated carbocycles. The van der Waals surface area contributed by atoms with Crippen LogP contribution < -0.4 is 5.73 Å². The molecule has 0 aliphatic heterocycles. The summed E-state index contributed by atoms with van der Waals surface area (Å²) in [5.74, 6) is -0.225. The lowest BCUT2D eigenvalue weighted by Gasteiger charge is -2.07. The second-order valence-electron chi connectivity index (χ2n) is 4.83. The highest BCUT2D eigenvalue weighted by Gasteiger charge is 2.01. The zero-order valence-electron chi connectivity index (χ0n) is 11.2. The summed E-state index contributed by atoms with van der Waals surface area (Å²) in [7, 11) is 0. The first kappa shape index (κ1) is 13.3. The number of benzene rings is 2. The Morgan fingerprint density at radius 3 is 2.37 bits per heavy atom. The Bertz CT molecular complexity index is 558. The maximum absolute atomic E-state index is 10.7. The van der Waals surface area contributed by atoms with Crippen LogP contribution in [0.4, 0.5) is 0 Å². The van der Waals surface area contributed by atoms with Crippen LogP contribution in [-0.4, -0.2) is 5.91 Å². The first-order valence-electron chi connectivity index (χ1n) is 6.60. The van der Waals surface area contributed by atoms with Gasteiger partial charge in [-0.25, -0.2) is 0 Å². The third-order valence-electron chi connectivity index (χ3n) is 3.30. The van der Waals surface area contributed by atoms with Gasteiger partial charge < -0.3 is 5.73 Å². The average Bonchev–Trinajstić information content (AvgIpc) is 2.40. The average molecular weight is 253 g/mol. The van der Waals surface area contributed by atoms with Gasteiger partial charge in [0.1, 0.15) is 0 Å². The van der Waals surface area contributed by atoms with E-state index in [0.717, 1.165) is 12.8 Å². The minimum absolute atomic E-state index is 0.225. The number of rotatable bonds is 5. The lowest BCUT2D eigenvalue weighted by Crippen LogP contribution is -2.10. The fourth-order valence-corrected chi connectivity index (χ4v) is 2.21. The van der Waals surface area contributed by atoms with E-state index < -0.39 is 0 Å². The molecule has 0 aliphatic rings. The lowest BCUT2D eigenvalue weighted by atomic mass is 9.98. The van der Waals surface area contributed by atoms with Gasteiger partial charge in [-0.2, -0.15) is 0 Å². The summed E-state index contributed by atoms with van der Waals surface area (Å²) in [6.07, 6.45) is 2.18. The Morgan fingerprint density at radius 1 is 1.05 bits per heavy atom. The zero-order valence-corrected chi connectivity index (χ0v) is 11.2. The third kappa shape index (κ3) is 3.68. The molecular weight excluding hydrogens is 234 g/mol. The van der Waals surface area contributed by atoms with E-state index in [9.17, 15) is 4.79 Å². The molecule has 0 spiro atoms. The number of amides is 1. The Labute approximate surface area is 114 Å². The van der Waals surface area contributed by atoms with Crippen molar-refractivity contribution in [2.75, 3.05) is 0 Å². The van der Waals surface area contributed by atoms with E-state index in [1.807, 2.05) is 0 Å². The fraction of sp³-hybridized carbons (Fsp3) is 0.235. The van der Waals surface area contributed by atoms with Crippen molar-refractivity contribution in [3.05, 3.63) is 59.7 Å². The molecule has 19 heavy (non-hydrogen) atoms. The topological polar surface area (TPSA) is 43.1 Å². The predicted octanol–water partition coefficient (Wildman–Crippen LogP) is 3.47. The van der Waals surface area contributed by atoms with E-state index in [1.165, 1.54) is 22.3 Å². The minimum atomic E-state index is -0.225. The normalized spacial score (nSPS) is 10.4. The van der Waals surface area contributed by atoms with Crippen molar-refractivity contribution in [1.82, 2.24) is 0 Å². The van der Waals surface area contributed by atoms with Crippen molar-refractivity contribution < 1.29 is 4.79 Å². The van der Waals surface area contributed by atoms with Gasteiger partial charge in [0, 0.05) is 6.42 Å². The molecule has 2 rings (SSSR count). The van der Waals surface area contributed by atoms with Crippen LogP contribution >= 0.6 is 0 Å². The van der Waals surface area contributed by atoms with E-state index >= 15 is 0 Å². The molecule has 0 heterocycles. The smallest absolute Gasteiger partial charge is 0.217 e. The minimum Gasteiger partial charge on any atom is -0.370 e. The number of hydrogen-bond donors (Lipinski definition) is 1. The standard InChI is InChI=1S/C17H19NO/c1-13-5-2-3-7-16(13)15-11-9-14(10-12-15)6-4-8-17(18)19/h2-3,5,7,9-12H,4,6,8H2,1H3,(H2,18,19). The summed E-state index contributed by atoms with van der Waals surface area (Å²) < 4.78 is 0. The Hall–Kier alpha value is -2.09. The maximum atomic E-state index is 10.7. The number of primary amides is 1. The molecule has 0 radical (unpaired) electrons. The van der Waals surface area contributed by atoms with E-state index in [2.05, 4.69) is 55.5 Å². The van der Waals surface area contributed by atoms with Gasteiger partial charge in [-0.05, 0) is 42.0 Å². The molecule has 2 aromatic carbocycles. The van der Waals surface area contributed by atoms with Crippen LogP contribution in [0.1, 0.15) is 24.0 Å².